The Labute approximate surface area is 186 Å². The Morgan fingerprint density at radius 1 is 1.34 bits per heavy atom. The van der Waals surface area contributed by atoms with E-state index in [2.05, 4.69) is 16.4 Å². The fraction of sp³-hybridized carbons (Fsp3) is 0.789. The minimum atomic E-state index is -4.67. The third kappa shape index (κ3) is 8.87. The van der Waals surface area contributed by atoms with Crippen LogP contribution in [0.25, 0.3) is 0 Å². The van der Waals surface area contributed by atoms with Gasteiger partial charge in [0.2, 0.25) is 0 Å². The number of aliphatic hydroxyl groups is 3. The normalized spacial score (nSPS) is 22.3. The summed E-state index contributed by atoms with van der Waals surface area (Å²) in [4.78, 5) is 42.3. The SMILES string of the molecule is CCCCC(C)C(O)(O)CC.Cc1cn([C@H]2C[C@H](O)[C@@H](COP(=O)(O)O)O2)c(=O)[nH]c1=O. The second-order valence-electron chi connectivity index (χ2n) is 7.97. The van der Waals surface area contributed by atoms with Gasteiger partial charge in [-0.1, -0.05) is 33.6 Å². The van der Waals surface area contributed by atoms with E-state index in [1.807, 2.05) is 6.92 Å². The summed E-state index contributed by atoms with van der Waals surface area (Å²) in [5.74, 6) is -1.46. The van der Waals surface area contributed by atoms with Crippen molar-refractivity contribution in [2.75, 3.05) is 6.61 Å². The van der Waals surface area contributed by atoms with Crippen LogP contribution in [0, 0.1) is 12.8 Å². The van der Waals surface area contributed by atoms with Crippen molar-refractivity contribution in [3.05, 3.63) is 32.6 Å². The highest BCUT2D eigenvalue weighted by atomic mass is 31.2. The first-order valence-corrected chi connectivity index (χ1v) is 12.0. The molecule has 1 fully saturated rings. The highest BCUT2D eigenvalue weighted by Gasteiger charge is 2.37. The molecule has 1 aliphatic heterocycles. The summed E-state index contributed by atoms with van der Waals surface area (Å²) in [5.41, 5.74) is -0.918. The van der Waals surface area contributed by atoms with E-state index in [0.29, 0.717) is 12.0 Å². The Morgan fingerprint density at radius 3 is 2.50 bits per heavy atom. The lowest BCUT2D eigenvalue weighted by molar-refractivity contribution is -0.199. The molecular weight excluding hydrogens is 447 g/mol. The van der Waals surface area contributed by atoms with Gasteiger partial charge in [0.1, 0.15) is 12.3 Å². The molecule has 4 atom stereocenters. The van der Waals surface area contributed by atoms with Gasteiger partial charge in [0.25, 0.3) is 5.56 Å². The van der Waals surface area contributed by atoms with E-state index in [1.165, 1.54) is 13.1 Å². The molecule has 186 valence electrons. The highest BCUT2D eigenvalue weighted by Crippen LogP contribution is 2.38. The predicted octanol–water partition coefficient (Wildman–Crippen LogP) is 0.506. The molecule has 1 aromatic heterocycles. The van der Waals surface area contributed by atoms with Crippen LogP contribution in [0.1, 0.15) is 64.7 Å². The number of aliphatic hydroxyl groups excluding tert-OH is 1. The van der Waals surface area contributed by atoms with Crippen LogP contribution in [0.5, 0.6) is 0 Å². The van der Waals surface area contributed by atoms with Gasteiger partial charge in [-0.3, -0.25) is 18.9 Å². The number of H-pyrrole nitrogens is 1. The Morgan fingerprint density at radius 2 is 1.97 bits per heavy atom. The van der Waals surface area contributed by atoms with E-state index in [-0.39, 0.29) is 12.3 Å². The van der Waals surface area contributed by atoms with Gasteiger partial charge >= 0.3 is 13.5 Å². The summed E-state index contributed by atoms with van der Waals surface area (Å²) in [6.07, 6.45) is 1.94. The molecule has 1 unspecified atom stereocenters. The molecule has 0 spiro atoms. The van der Waals surface area contributed by atoms with Crippen molar-refractivity contribution in [1.82, 2.24) is 9.55 Å². The molecule has 13 heteroatoms. The Balaban J connectivity index is 0.000000396. The van der Waals surface area contributed by atoms with Gasteiger partial charge in [0, 0.05) is 24.1 Å². The third-order valence-corrected chi connectivity index (χ3v) is 5.85. The van der Waals surface area contributed by atoms with Gasteiger partial charge < -0.3 is 29.8 Å². The summed E-state index contributed by atoms with van der Waals surface area (Å²) < 4.78 is 21.4. The number of aryl methyl sites for hydroxylation is 1. The second kappa shape index (κ2) is 12.2. The van der Waals surface area contributed by atoms with Crippen LogP contribution >= 0.6 is 7.82 Å². The fourth-order valence-electron chi connectivity index (χ4n) is 3.10. The van der Waals surface area contributed by atoms with Crippen LogP contribution in [0.15, 0.2) is 15.8 Å². The summed E-state index contributed by atoms with van der Waals surface area (Å²) in [5, 5.41) is 28.5. The standard InChI is InChI=1S/C10H15N2O8P.C9H20O2/c1-5-3-12(10(15)11-9(5)14)8-2-6(13)7(20-8)4-19-21(16,17)18;1-4-6-7-8(3)9(10,11)5-2/h3,6-8,13H,2,4H2,1H3,(H,11,14,15)(H2,16,17,18);8,10-11H,4-7H2,1-3H3/t6-,7+,8+;/m0./s1. The van der Waals surface area contributed by atoms with Crippen LogP contribution in [0.4, 0.5) is 0 Å². The number of rotatable bonds is 9. The molecule has 0 radical (unpaired) electrons. The van der Waals surface area contributed by atoms with Crippen molar-refractivity contribution >= 4 is 7.82 Å². The number of nitrogens with one attached hydrogen (secondary N) is 1. The molecule has 0 bridgehead atoms. The number of phosphoric ester groups is 1. The molecule has 0 saturated carbocycles. The van der Waals surface area contributed by atoms with Crippen molar-refractivity contribution in [2.45, 2.75) is 84.0 Å². The van der Waals surface area contributed by atoms with E-state index in [4.69, 9.17) is 14.5 Å². The number of hydrogen-bond donors (Lipinski definition) is 6. The zero-order chi connectivity index (χ0) is 24.7. The van der Waals surface area contributed by atoms with E-state index in [9.17, 15) is 29.5 Å². The number of hydrogen-bond acceptors (Lipinski definition) is 8. The molecule has 12 nitrogen and oxygen atoms in total. The molecule has 0 amide bonds. The number of ether oxygens (including phenoxy) is 1. The van der Waals surface area contributed by atoms with E-state index < -0.39 is 49.9 Å². The van der Waals surface area contributed by atoms with Crippen LogP contribution < -0.4 is 11.2 Å². The average molecular weight is 482 g/mol. The minimum absolute atomic E-state index is 0.00699. The average Bonchev–Trinajstić information content (AvgIpc) is 3.07. The Bertz CT molecular complexity index is 878. The van der Waals surface area contributed by atoms with Gasteiger partial charge in [0.15, 0.2) is 5.79 Å². The summed E-state index contributed by atoms with van der Waals surface area (Å²) in [7, 11) is -4.67. The minimum Gasteiger partial charge on any atom is -0.390 e. The summed E-state index contributed by atoms with van der Waals surface area (Å²) in [6.45, 7) is 6.78. The quantitative estimate of drug-likeness (QED) is 0.213. The van der Waals surface area contributed by atoms with E-state index >= 15 is 0 Å². The van der Waals surface area contributed by atoms with E-state index in [0.717, 1.165) is 23.8 Å². The maximum Gasteiger partial charge on any atom is 0.469 e. The van der Waals surface area contributed by atoms with Gasteiger partial charge in [-0.2, -0.15) is 0 Å². The van der Waals surface area contributed by atoms with Crippen molar-refractivity contribution in [3.63, 3.8) is 0 Å². The molecular formula is C19H35N2O10P. The van der Waals surface area contributed by atoms with Gasteiger partial charge in [-0.05, 0) is 19.8 Å². The fourth-order valence-corrected chi connectivity index (χ4v) is 3.44. The lowest BCUT2D eigenvalue weighted by Gasteiger charge is -2.27. The van der Waals surface area contributed by atoms with Gasteiger partial charge in [-0.15, -0.1) is 0 Å². The lowest BCUT2D eigenvalue weighted by atomic mass is 9.93. The van der Waals surface area contributed by atoms with Crippen LogP contribution in [-0.2, 0) is 13.8 Å². The van der Waals surface area contributed by atoms with Crippen LogP contribution in [0.3, 0.4) is 0 Å². The Hall–Kier alpha value is -1.37. The predicted molar refractivity (Wildman–Crippen MR) is 115 cm³/mol. The first kappa shape index (κ1) is 28.7. The molecule has 1 aromatic rings. The van der Waals surface area contributed by atoms with E-state index in [1.54, 1.807) is 6.92 Å². The summed E-state index contributed by atoms with van der Waals surface area (Å²) in [6, 6.07) is 0. The molecule has 1 saturated heterocycles. The first-order chi connectivity index (χ1) is 14.7. The lowest BCUT2D eigenvalue weighted by Crippen LogP contribution is -2.35. The molecule has 0 aliphatic carbocycles. The van der Waals surface area contributed by atoms with Gasteiger partial charge in [0.05, 0.1) is 12.7 Å². The largest absolute Gasteiger partial charge is 0.469 e. The van der Waals surface area contributed by atoms with Crippen molar-refractivity contribution < 1.29 is 38.9 Å². The highest BCUT2D eigenvalue weighted by molar-refractivity contribution is 7.46. The maximum atomic E-state index is 11.7. The molecule has 6 N–H and O–H groups in total. The molecule has 2 heterocycles. The smallest absolute Gasteiger partial charge is 0.390 e. The zero-order valence-electron chi connectivity index (χ0n) is 18.8. The number of unbranched alkanes of at least 4 members (excludes halogenated alkanes) is 1. The zero-order valence-corrected chi connectivity index (χ0v) is 19.7. The number of aromatic amines is 1. The second-order valence-corrected chi connectivity index (χ2v) is 9.21. The van der Waals surface area contributed by atoms with Crippen molar-refractivity contribution in [1.29, 1.82) is 0 Å². The summed E-state index contributed by atoms with van der Waals surface area (Å²) >= 11 is 0. The number of aromatic nitrogens is 2. The van der Waals surface area contributed by atoms with Crippen molar-refractivity contribution in [2.24, 2.45) is 5.92 Å². The monoisotopic (exact) mass is 482 g/mol. The maximum absolute atomic E-state index is 11.7. The first-order valence-electron chi connectivity index (χ1n) is 10.5. The van der Waals surface area contributed by atoms with Crippen LogP contribution in [-0.4, -0.2) is 59.3 Å². The van der Waals surface area contributed by atoms with Crippen LogP contribution in [0.2, 0.25) is 0 Å². The number of phosphoric acid groups is 1. The molecule has 0 aromatic carbocycles. The molecule has 32 heavy (non-hydrogen) atoms. The number of nitrogens with zero attached hydrogens (tertiary/aromatic N) is 1. The van der Waals surface area contributed by atoms with Crippen molar-refractivity contribution in [3.8, 4) is 0 Å². The molecule has 2 rings (SSSR count). The topological polar surface area (TPSA) is 192 Å². The Kier molecular flexibility index (Phi) is 10.9. The molecule has 1 aliphatic rings. The third-order valence-electron chi connectivity index (χ3n) is 5.37. The van der Waals surface area contributed by atoms with Gasteiger partial charge in [-0.25, -0.2) is 9.36 Å².